The minimum atomic E-state index is -3.75. The lowest BCUT2D eigenvalue weighted by atomic mass is 10.1. The van der Waals surface area contributed by atoms with Gasteiger partial charge in [-0.3, -0.25) is 0 Å². The minimum absolute atomic E-state index is 0.000181. The highest BCUT2D eigenvalue weighted by Crippen LogP contribution is 2.27. The summed E-state index contributed by atoms with van der Waals surface area (Å²) >= 11 is 0. The molecule has 0 spiro atoms. The lowest BCUT2D eigenvalue weighted by Crippen LogP contribution is -2.41. The second-order valence-electron chi connectivity index (χ2n) is 5.19. The Hall–Kier alpha value is -1.44. The average molecular weight is 313 g/mol. The Balaban J connectivity index is 2.45. The second-order valence-corrected chi connectivity index (χ2v) is 7.15. The standard InChI is InChI=1S/C14H19NO5S/c1-9-11(14(16)17)5-4-6-13(9)21(18,19)15(3)12-7-8-20-10(12)2/h4-6,10,12H,7-8H2,1-3H3,(H,16,17). The van der Waals surface area contributed by atoms with E-state index in [4.69, 9.17) is 9.84 Å². The summed E-state index contributed by atoms with van der Waals surface area (Å²) in [5.74, 6) is -1.13. The fraction of sp³-hybridized carbons (Fsp3) is 0.500. The molecule has 1 saturated heterocycles. The highest BCUT2D eigenvalue weighted by molar-refractivity contribution is 7.89. The van der Waals surface area contributed by atoms with Gasteiger partial charge in [-0.05, 0) is 38.0 Å². The van der Waals surface area contributed by atoms with Crippen LogP contribution in [0.1, 0.15) is 29.3 Å². The van der Waals surface area contributed by atoms with E-state index in [9.17, 15) is 13.2 Å². The zero-order valence-corrected chi connectivity index (χ0v) is 13.1. The Morgan fingerprint density at radius 3 is 2.62 bits per heavy atom. The molecule has 1 aliphatic heterocycles. The van der Waals surface area contributed by atoms with Crippen LogP contribution in [0.25, 0.3) is 0 Å². The monoisotopic (exact) mass is 313 g/mol. The van der Waals surface area contributed by atoms with Gasteiger partial charge in [0.25, 0.3) is 0 Å². The number of carbonyl (C=O) groups is 1. The fourth-order valence-corrected chi connectivity index (χ4v) is 4.35. The smallest absolute Gasteiger partial charge is 0.335 e. The summed E-state index contributed by atoms with van der Waals surface area (Å²) < 4.78 is 32.2. The lowest BCUT2D eigenvalue weighted by molar-refractivity contribution is 0.0695. The first-order valence-corrected chi connectivity index (χ1v) is 8.13. The van der Waals surface area contributed by atoms with Gasteiger partial charge in [0.2, 0.25) is 10.0 Å². The Kier molecular flexibility index (Phi) is 4.36. The SMILES string of the molecule is Cc1c(C(=O)O)cccc1S(=O)(=O)N(C)C1CCOC1C. The van der Waals surface area contributed by atoms with Gasteiger partial charge in [-0.15, -0.1) is 0 Å². The molecular formula is C14H19NO5S. The number of carboxylic acid groups (broad SMARTS) is 1. The topological polar surface area (TPSA) is 83.9 Å². The van der Waals surface area contributed by atoms with Crippen molar-refractivity contribution in [2.75, 3.05) is 13.7 Å². The number of hydrogen-bond donors (Lipinski definition) is 1. The molecule has 1 aromatic rings. The van der Waals surface area contributed by atoms with Crippen LogP contribution in [-0.2, 0) is 14.8 Å². The summed E-state index contributed by atoms with van der Waals surface area (Å²) in [6, 6.07) is 4.06. The van der Waals surface area contributed by atoms with Gasteiger partial charge >= 0.3 is 5.97 Å². The molecule has 2 unspecified atom stereocenters. The molecule has 0 aliphatic carbocycles. The summed E-state index contributed by atoms with van der Waals surface area (Å²) in [5.41, 5.74) is 0.253. The van der Waals surface area contributed by atoms with Crippen LogP contribution in [0, 0.1) is 6.92 Å². The van der Waals surface area contributed by atoms with Gasteiger partial charge in [0.1, 0.15) is 0 Å². The van der Waals surface area contributed by atoms with Gasteiger partial charge in [0.05, 0.1) is 22.6 Å². The van der Waals surface area contributed by atoms with Crippen molar-refractivity contribution >= 4 is 16.0 Å². The first-order valence-electron chi connectivity index (χ1n) is 6.69. The first kappa shape index (κ1) is 15.9. The Bertz CT molecular complexity index is 655. The Labute approximate surface area is 124 Å². The van der Waals surface area contributed by atoms with E-state index in [0.717, 1.165) is 0 Å². The number of sulfonamides is 1. The van der Waals surface area contributed by atoms with Crippen LogP contribution in [0.2, 0.25) is 0 Å². The number of likely N-dealkylation sites (N-methyl/N-ethyl adjacent to an activating group) is 1. The van der Waals surface area contributed by atoms with Crippen molar-refractivity contribution in [2.45, 2.75) is 37.3 Å². The van der Waals surface area contributed by atoms with E-state index < -0.39 is 16.0 Å². The minimum Gasteiger partial charge on any atom is -0.478 e. The molecule has 7 heteroatoms. The highest BCUT2D eigenvalue weighted by atomic mass is 32.2. The van der Waals surface area contributed by atoms with Gasteiger partial charge in [-0.25, -0.2) is 13.2 Å². The van der Waals surface area contributed by atoms with Crippen molar-refractivity contribution < 1.29 is 23.1 Å². The summed E-state index contributed by atoms with van der Waals surface area (Å²) in [5, 5.41) is 9.12. The van der Waals surface area contributed by atoms with Crippen molar-refractivity contribution in [2.24, 2.45) is 0 Å². The van der Waals surface area contributed by atoms with Crippen LogP contribution in [0.5, 0.6) is 0 Å². The van der Waals surface area contributed by atoms with Crippen molar-refractivity contribution in [3.05, 3.63) is 29.3 Å². The third kappa shape index (κ3) is 2.81. The third-order valence-corrected chi connectivity index (χ3v) is 6.00. The van der Waals surface area contributed by atoms with E-state index >= 15 is 0 Å². The third-order valence-electron chi connectivity index (χ3n) is 3.97. The van der Waals surface area contributed by atoms with Crippen LogP contribution >= 0.6 is 0 Å². The van der Waals surface area contributed by atoms with E-state index in [0.29, 0.717) is 13.0 Å². The van der Waals surface area contributed by atoms with E-state index in [1.165, 1.54) is 36.5 Å². The molecule has 1 fully saturated rings. The van der Waals surface area contributed by atoms with Crippen molar-refractivity contribution in [1.29, 1.82) is 0 Å². The Morgan fingerprint density at radius 1 is 1.43 bits per heavy atom. The van der Waals surface area contributed by atoms with Crippen LogP contribution in [-0.4, -0.2) is 49.6 Å². The molecule has 0 amide bonds. The normalized spacial score (nSPS) is 22.7. The summed E-state index contributed by atoms with van der Waals surface area (Å²) in [6.07, 6.45) is 0.460. The number of carboxylic acids is 1. The second kappa shape index (κ2) is 5.75. The zero-order chi connectivity index (χ0) is 15.8. The maximum atomic E-state index is 12.7. The fourth-order valence-electron chi connectivity index (χ4n) is 2.66. The van der Waals surface area contributed by atoms with Crippen LogP contribution in [0.15, 0.2) is 23.1 Å². The summed E-state index contributed by atoms with van der Waals surface area (Å²) in [7, 11) is -2.24. The number of nitrogens with zero attached hydrogens (tertiary/aromatic N) is 1. The summed E-state index contributed by atoms with van der Waals surface area (Å²) in [6.45, 7) is 3.88. The highest BCUT2D eigenvalue weighted by Gasteiger charge is 2.36. The molecule has 1 aromatic carbocycles. The van der Waals surface area contributed by atoms with Crippen molar-refractivity contribution in [3.63, 3.8) is 0 Å². The molecule has 0 radical (unpaired) electrons. The number of hydrogen-bond acceptors (Lipinski definition) is 4. The maximum absolute atomic E-state index is 12.7. The van der Waals surface area contributed by atoms with E-state index in [2.05, 4.69) is 0 Å². The number of benzene rings is 1. The predicted molar refractivity (Wildman–Crippen MR) is 76.9 cm³/mol. The van der Waals surface area contributed by atoms with Gasteiger partial charge < -0.3 is 9.84 Å². The average Bonchev–Trinajstić information content (AvgIpc) is 2.83. The van der Waals surface area contributed by atoms with Crippen LogP contribution in [0.4, 0.5) is 0 Å². The molecule has 2 atom stereocenters. The lowest BCUT2D eigenvalue weighted by Gasteiger charge is -2.26. The molecule has 0 saturated carbocycles. The van der Waals surface area contributed by atoms with Crippen molar-refractivity contribution in [3.8, 4) is 0 Å². The van der Waals surface area contributed by atoms with Crippen molar-refractivity contribution in [1.82, 2.24) is 4.31 Å². The molecule has 0 bridgehead atoms. The number of aromatic carboxylic acids is 1. The van der Waals surface area contributed by atoms with Gasteiger partial charge in [0.15, 0.2) is 0 Å². The summed E-state index contributed by atoms with van der Waals surface area (Å²) in [4.78, 5) is 11.2. The molecule has 1 aliphatic rings. The molecule has 116 valence electrons. The molecule has 21 heavy (non-hydrogen) atoms. The Morgan fingerprint density at radius 2 is 2.10 bits per heavy atom. The number of rotatable bonds is 4. The van der Waals surface area contributed by atoms with E-state index in [-0.39, 0.29) is 28.2 Å². The predicted octanol–water partition coefficient (Wildman–Crippen LogP) is 1.49. The van der Waals surface area contributed by atoms with E-state index in [1.54, 1.807) is 0 Å². The first-order chi connectivity index (χ1) is 9.76. The molecule has 1 heterocycles. The van der Waals surface area contributed by atoms with Gasteiger partial charge in [-0.1, -0.05) is 6.07 Å². The maximum Gasteiger partial charge on any atom is 0.335 e. The van der Waals surface area contributed by atoms with Crippen LogP contribution < -0.4 is 0 Å². The molecule has 1 N–H and O–H groups in total. The quantitative estimate of drug-likeness (QED) is 0.910. The van der Waals surface area contributed by atoms with Crippen LogP contribution in [0.3, 0.4) is 0 Å². The molecule has 0 aromatic heterocycles. The molecular weight excluding hydrogens is 294 g/mol. The number of ether oxygens (including phenoxy) is 1. The zero-order valence-electron chi connectivity index (χ0n) is 12.2. The largest absolute Gasteiger partial charge is 0.478 e. The van der Waals surface area contributed by atoms with Gasteiger partial charge in [-0.2, -0.15) is 4.31 Å². The van der Waals surface area contributed by atoms with E-state index in [1.807, 2.05) is 6.92 Å². The molecule has 2 rings (SSSR count). The van der Waals surface area contributed by atoms with Gasteiger partial charge in [0, 0.05) is 13.7 Å². The molecule has 6 nitrogen and oxygen atoms in total.